The number of rotatable bonds is 10. The molecule has 21 rings (SSSR count). The number of nitrogens with one attached hydrogen (secondary N) is 1. The molecule has 466 valence electrons. The van der Waals surface area contributed by atoms with Crippen molar-refractivity contribution in [3.05, 3.63) is 0 Å². The molecular formula is C44H76N2O34. The van der Waals surface area contributed by atoms with Crippen LogP contribution in [-0.4, -0.2) is 376 Å². The summed E-state index contributed by atoms with van der Waals surface area (Å²) >= 11 is 0. The van der Waals surface area contributed by atoms with E-state index in [-0.39, 0.29) is 19.6 Å². The van der Waals surface area contributed by atoms with E-state index >= 15 is 0 Å². The Balaban J connectivity index is 1.09. The molecule has 14 bridgehead atoms. The van der Waals surface area contributed by atoms with Crippen molar-refractivity contribution in [3.63, 3.8) is 0 Å². The third-order valence-corrected chi connectivity index (χ3v) is 15.3. The van der Waals surface area contributed by atoms with E-state index in [4.69, 9.17) is 72.0 Å². The van der Waals surface area contributed by atoms with Crippen molar-refractivity contribution in [2.45, 2.75) is 215 Å². The molecule has 0 saturated carbocycles. The maximum atomic E-state index is 11.6. The van der Waals surface area contributed by atoms with Gasteiger partial charge in [-0.25, -0.2) is 0 Å². The first-order chi connectivity index (χ1) is 38.2. The fourth-order valence-corrected chi connectivity index (χ4v) is 10.8. The lowest BCUT2D eigenvalue weighted by Crippen LogP contribution is -2.68. The highest BCUT2D eigenvalue weighted by Gasteiger charge is 2.59. The van der Waals surface area contributed by atoms with Gasteiger partial charge in [0.25, 0.3) is 0 Å². The minimum Gasteiger partial charge on any atom is -0.394 e. The van der Waals surface area contributed by atoms with Crippen LogP contribution in [0.25, 0.3) is 0 Å². The first-order valence-electron chi connectivity index (χ1n) is 25.9. The van der Waals surface area contributed by atoms with Gasteiger partial charge in [0.15, 0.2) is 44.0 Å². The number of aliphatic hydroxyl groups excluding tert-OH is 20. The average Bonchev–Trinajstić information content (AvgIpc) is 3.50. The zero-order chi connectivity index (χ0) is 58.2. The highest BCUT2D eigenvalue weighted by atomic mass is 16.8. The van der Waals surface area contributed by atoms with E-state index in [1.807, 2.05) is 0 Å². The molecule has 0 aromatic carbocycles. The fourth-order valence-electron chi connectivity index (χ4n) is 10.8. The molecule has 0 radical (unpaired) electrons. The van der Waals surface area contributed by atoms with Gasteiger partial charge < -0.3 is 179 Å². The van der Waals surface area contributed by atoms with Crippen LogP contribution in [0.15, 0.2) is 0 Å². The zero-order valence-electron chi connectivity index (χ0n) is 42.3. The molecule has 35 atom stereocenters. The number of hydrogen-bond acceptors (Lipinski definition) is 36. The number of aliphatic hydroxyl groups is 20. The predicted molar refractivity (Wildman–Crippen MR) is 243 cm³/mol. The van der Waals surface area contributed by atoms with Gasteiger partial charge in [-0.05, 0) is 0 Å². The van der Waals surface area contributed by atoms with Crippen LogP contribution in [0.1, 0.15) is 0 Å². The lowest BCUT2D eigenvalue weighted by Gasteiger charge is -2.50. The Bertz CT molecular complexity index is 1880. The van der Waals surface area contributed by atoms with Gasteiger partial charge in [0, 0.05) is 19.6 Å². The molecular weight excluding hydrogens is 1100 g/mol. The molecule has 0 aromatic heterocycles. The Hall–Kier alpha value is -1.44. The van der Waals surface area contributed by atoms with E-state index in [2.05, 4.69) is 5.32 Å². The normalized spacial score (nSPS) is 53.7. The lowest BCUT2D eigenvalue weighted by molar-refractivity contribution is -0.396. The summed E-state index contributed by atoms with van der Waals surface area (Å²) in [5.41, 5.74) is 5.66. The van der Waals surface area contributed by atoms with Gasteiger partial charge in [0.2, 0.25) is 0 Å². The molecule has 0 amide bonds. The Morgan fingerprint density at radius 1 is 0.237 bits per heavy atom. The van der Waals surface area contributed by atoms with E-state index in [0.29, 0.717) is 0 Å². The van der Waals surface area contributed by atoms with Crippen molar-refractivity contribution in [2.24, 2.45) is 5.73 Å². The highest BCUT2D eigenvalue weighted by molar-refractivity contribution is 5.02. The first kappa shape index (κ1) is 64.6. The SMILES string of the molecule is NCCNC[C@H]1O[C@@H]2O[C@H]3[C@H](O)[C@H](O)[C@@H](O[C@H]4[C@H](O)[C@H](O)[C@@H](O[C@H]5[C@H](O)[C@@H](O)[C@@H](O[C@H]6[C@H](O)[C@@H](O)[C@@H](O[C@H]7[C@H](O)[C@@H](O)[C@@H](O[C@H]8[C@H](O)[C@@H](O)[C@@H](O[C@H]1[C@H](O)[C@H]2O)O[C@@H]8CO)O[C@@H]7CO)O[C@@H]6CO)O[C@@H]5CO)O[C@@H]4CO)O[C@@H]3CO. The molecule has 23 N–H and O–H groups in total. The Morgan fingerprint density at radius 2 is 0.400 bits per heavy atom. The second-order valence-electron chi connectivity index (χ2n) is 20.5. The number of nitrogens with two attached hydrogens (primary N) is 1. The molecule has 36 heteroatoms. The van der Waals surface area contributed by atoms with Crippen molar-refractivity contribution in [2.75, 3.05) is 59.3 Å². The summed E-state index contributed by atoms with van der Waals surface area (Å²) in [6.07, 6.45) is -69.1. The van der Waals surface area contributed by atoms with Crippen LogP contribution >= 0.6 is 0 Å². The Morgan fingerprint density at radius 3 is 0.562 bits per heavy atom. The van der Waals surface area contributed by atoms with E-state index < -0.39 is 255 Å². The predicted octanol–water partition coefficient (Wildman–Crippen LogP) is -15.7. The minimum absolute atomic E-state index is 0.0733. The third kappa shape index (κ3) is 13.0. The van der Waals surface area contributed by atoms with Gasteiger partial charge in [0.1, 0.15) is 171 Å². The van der Waals surface area contributed by atoms with Gasteiger partial charge in [-0.1, -0.05) is 0 Å². The van der Waals surface area contributed by atoms with Crippen LogP contribution in [0, 0.1) is 0 Å². The summed E-state index contributed by atoms with van der Waals surface area (Å²) in [4.78, 5) is 0. The Labute approximate surface area is 453 Å². The molecule has 21 aliphatic heterocycles. The molecule has 21 fully saturated rings. The number of ether oxygens (including phenoxy) is 14. The third-order valence-electron chi connectivity index (χ3n) is 15.3. The quantitative estimate of drug-likeness (QED) is 0.0903. The highest BCUT2D eigenvalue weighted by Crippen LogP contribution is 2.39. The summed E-state index contributed by atoms with van der Waals surface area (Å²) in [5.74, 6) is 0. The van der Waals surface area contributed by atoms with Gasteiger partial charge in [-0.3, -0.25) is 0 Å². The zero-order valence-corrected chi connectivity index (χ0v) is 42.3. The maximum Gasteiger partial charge on any atom is 0.187 e. The van der Waals surface area contributed by atoms with Gasteiger partial charge in [-0.15, -0.1) is 0 Å². The topological polar surface area (TPSA) is 572 Å². The summed E-state index contributed by atoms with van der Waals surface area (Å²) in [6.45, 7) is -6.27. The summed E-state index contributed by atoms with van der Waals surface area (Å²) in [6, 6.07) is 0. The molecule has 0 unspecified atom stereocenters. The van der Waals surface area contributed by atoms with Crippen LogP contribution in [0.3, 0.4) is 0 Å². The van der Waals surface area contributed by atoms with Crippen molar-refractivity contribution in [3.8, 4) is 0 Å². The number of hydrogen-bond donors (Lipinski definition) is 22. The maximum absolute atomic E-state index is 11.6. The minimum atomic E-state index is -2.20. The van der Waals surface area contributed by atoms with Gasteiger partial charge in [-0.2, -0.15) is 0 Å². The van der Waals surface area contributed by atoms with E-state index in [1.165, 1.54) is 0 Å². The van der Waals surface area contributed by atoms with Crippen molar-refractivity contribution in [1.82, 2.24) is 5.32 Å². The molecule has 0 spiro atoms. The molecule has 80 heavy (non-hydrogen) atoms. The van der Waals surface area contributed by atoms with Crippen molar-refractivity contribution >= 4 is 0 Å². The first-order valence-corrected chi connectivity index (χ1v) is 25.9. The van der Waals surface area contributed by atoms with E-state index in [1.54, 1.807) is 0 Å². The second kappa shape index (κ2) is 27.9. The van der Waals surface area contributed by atoms with Gasteiger partial charge in [0.05, 0.1) is 39.6 Å². The standard InChI is InChI=1S/C44H76N2O34/c45-1-2-46-3-10-31-17(53)24(60)38(67-10)75-32-11(4-47)69-40(26(62)19(32)55)77-34-13(6-49)71-42(28(64)21(34)57)79-36-15(8-51)73-44(30(66)23(36)59)80-37-16(9-52)72-43(29(65)22(37)58)78-35-14(7-50)70-41(27(63)20(35)56)76-33-12(5-48)68-39(74-31)25(61)18(33)54/h10-44,46-66H,1-9,45H2/t10-,11-,12-,13-,14-,15-,16-,17-,18-,19-,20-,21-,22-,23-,24-,25-,26+,27-,28+,29-,30-,31-,32-,33-,34-,35-,36-,37-,38-,39-,40-,41-,42-,43-,44-/m1/s1. The molecule has 21 aliphatic rings. The summed E-state index contributed by atoms with van der Waals surface area (Å²) in [7, 11) is 0. The smallest absolute Gasteiger partial charge is 0.187 e. The second-order valence-corrected chi connectivity index (χ2v) is 20.5. The van der Waals surface area contributed by atoms with Crippen LogP contribution in [0.2, 0.25) is 0 Å². The van der Waals surface area contributed by atoms with Crippen LogP contribution in [-0.2, 0) is 66.3 Å². The Kier molecular flexibility index (Phi) is 22.5. The average molecular weight is 1180 g/mol. The van der Waals surface area contributed by atoms with Crippen LogP contribution in [0.5, 0.6) is 0 Å². The molecule has 21 heterocycles. The lowest BCUT2D eigenvalue weighted by atomic mass is 9.95. The van der Waals surface area contributed by atoms with Crippen molar-refractivity contribution in [1.29, 1.82) is 0 Å². The van der Waals surface area contributed by atoms with Crippen LogP contribution in [0.4, 0.5) is 0 Å². The molecule has 0 aliphatic carbocycles. The molecule has 36 nitrogen and oxygen atoms in total. The summed E-state index contributed by atoms with van der Waals surface area (Å²) in [5, 5.41) is 225. The van der Waals surface area contributed by atoms with Crippen molar-refractivity contribution < 1.29 is 168 Å². The summed E-state index contributed by atoms with van der Waals surface area (Å²) < 4.78 is 80.7. The van der Waals surface area contributed by atoms with Gasteiger partial charge >= 0.3 is 0 Å². The molecule has 0 aromatic rings. The van der Waals surface area contributed by atoms with E-state index in [0.717, 1.165) is 0 Å². The molecule has 21 saturated heterocycles. The van der Waals surface area contributed by atoms with E-state index in [9.17, 15) is 102 Å². The fraction of sp³-hybridized carbons (Fsp3) is 1.00. The monoisotopic (exact) mass is 1180 g/mol. The largest absolute Gasteiger partial charge is 0.394 e. The van der Waals surface area contributed by atoms with Crippen LogP contribution < -0.4 is 11.1 Å².